The molecule has 1 heterocycles. The number of aliphatic imine (C=N–C) groups is 1. The number of hydrogen-bond donors (Lipinski definition) is 3. The van der Waals surface area contributed by atoms with Crippen LogP contribution in [0.15, 0.2) is 4.99 Å². The standard InChI is InChI=1S/C6H12N2O2/c9-4-5(10)3-6-7-1-2-8-6/h5,9-10H,1-4H2,(H,7,8). The maximum absolute atomic E-state index is 8.95. The summed E-state index contributed by atoms with van der Waals surface area (Å²) in [4.78, 5) is 4.06. The Hall–Kier alpha value is -0.610. The molecule has 1 rings (SSSR count). The Kier molecular flexibility index (Phi) is 2.65. The van der Waals surface area contributed by atoms with E-state index in [0.29, 0.717) is 6.42 Å². The van der Waals surface area contributed by atoms with Crippen LogP contribution in [0.1, 0.15) is 6.42 Å². The second-order valence-corrected chi connectivity index (χ2v) is 2.30. The molecule has 0 aromatic rings. The lowest BCUT2D eigenvalue weighted by Crippen LogP contribution is -2.25. The summed E-state index contributed by atoms with van der Waals surface area (Å²) < 4.78 is 0. The zero-order chi connectivity index (χ0) is 7.40. The van der Waals surface area contributed by atoms with E-state index in [1.165, 1.54) is 0 Å². The van der Waals surface area contributed by atoms with Crippen molar-refractivity contribution in [3.05, 3.63) is 0 Å². The fraction of sp³-hybridized carbons (Fsp3) is 0.833. The first kappa shape index (κ1) is 7.50. The van der Waals surface area contributed by atoms with Crippen molar-refractivity contribution >= 4 is 5.84 Å². The smallest absolute Gasteiger partial charge is 0.0991 e. The van der Waals surface area contributed by atoms with E-state index in [4.69, 9.17) is 10.2 Å². The van der Waals surface area contributed by atoms with Crippen LogP contribution in [0.2, 0.25) is 0 Å². The maximum Gasteiger partial charge on any atom is 0.0991 e. The van der Waals surface area contributed by atoms with Gasteiger partial charge in [-0.05, 0) is 0 Å². The van der Waals surface area contributed by atoms with Gasteiger partial charge in [-0.3, -0.25) is 4.99 Å². The van der Waals surface area contributed by atoms with Gasteiger partial charge in [0, 0.05) is 13.0 Å². The van der Waals surface area contributed by atoms with Crippen molar-refractivity contribution in [3.63, 3.8) is 0 Å². The van der Waals surface area contributed by atoms with E-state index in [-0.39, 0.29) is 6.61 Å². The molecular formula is C6H12N2O2. The van der Waals surface area contributed by atoms with Crippen LogP contribution in [0.25, 0.3) is 0 Å². The summed E-state index contributed by atoms with van der Waals surface area (Å²) in [6.45, 7) is 1.45. The molecule has 58 valence electrons. The lowest BCUT2D eigenvalue weighted by molar-refractivity contribution is 0.100. The number of nitrogens with zero attached hydrogens (tertiary/aromatic N) is 1. The zero-order valence-electron chi connectivity index (χ0n) is 5.75. The highest BCUT2D eigenvalue weighted by molar-refractivity contribution is 5.83. The van der Waals surface area contributed by atoms with Gasteiger partial charge in [0.25, 0.3) is 0 Å². The van der Waals surface area contributed by atoms with E-state index < -0.39 is 6.10 Å². The van der Waals surface area contributed by atoms with Gasteiger partial charge in [-0.1, -0.05) is 0 Å². The average molecular weight is 144 g/mol. The predicted molar refractivity (Wildman–Crippen MR) is 38.0 cm³/mol. The Morgan fingerprint density at radius 2 is 2.50 bits per heavy atom. The minimum absolute atomic E-state index is 0.194. The minimum Gasteiger partial charge on any atom is -0.394 e. The maximum atomic E-state index is 8.95. The van der Waals surface area contributed by atoms with Crippen molar-refractivity contribution in [2.75, 3.05) is 19.7 Å². The first-order valence-electron chi connectivity index (χ1n) is 3.39. The van der Waals surface area contributed by atoms with E-state index >= 15 is 0 Å². The van der Waals surface area contributed by atoms with Gasteiger partial charge in [-0.25, -0.2) is 0 Å². The van der Waals surface area contributed by atoms with Gasteiger partial charge >= 0.3 is 0 Å². The van der Waals surface area contributed by atoms with Crippen LogP contribution < -0.4 is 5.32 Å². The van der Waals surface area contributed by atoms with Gasteiger partial charge in [-0.15, -0.1) is 0 Å². The summed E-state index contributed by atoms with van der Waals surface area (Å²) in [5.41, 5.74) is 0. The van der Waals surface area contributed by atoms with Crippen LogP contribution >= 0.6 is 0 Å². The Morgan fingerprint density at radius 1 is 1.70 bits per heavy atom. The van der Waals surface area contributed by atoms with Crippen molar-refractivity contribution in [3.8, 4) is 0 Å². The molecule has 0 aromatic heterocycles. The summed E-state index contributed by atoms with van der Waals surface area (Å²) in [6, 6.07) is 0. The second kappa shape index (κ2) is 3.53. The average Bonchev–Trinajstić information content (AvgIpc) is 2.40. The minimum atomic E-state index is -0.663. The monoisotopic (exact) mass is 144 g/mol. The van der Waals surface area contributed by atoms with Crippen molar-refractivity contribution in [1.82, 2.24) is 5.32 Å². The number of aliphatic hydroxyl groups is 2. The molecule has 10 heavy (non-hydrogen) atoms. The van der Waals surface area contributed by atoms with Crippen LogP contribution in [-0.2, 0) is 0 Å². The molecule has 4 nitrogen and oxygen atoms in total. The van der Waals surface area contributed by atoms with Crippen LogP contribution in [0.5, 0.6) is 0 Å². The fourth-order valence-corrected chi connectivity index (χ4v) is 0.871. The van der Waals surface area contributed by atoms with Gasteiger partial charge in [-0.2, -0.15) is 0 Å². The van der Waals surface area contributed by atoms with Crippen LogP contribution in [0.4, 0.5) is 0 Å². The number of rotatable bonds is 3. The highest BCUT2D eigenvalue weighted by Crippen LogP contribution is 1.95. The molecule has 1 aliphatic rings. The molecule has 0 bridgehead atoms. The molecule has 0 fully saturated rings. The zero-order valence-corrected chi connectivity index (χ0v) is 5.75. The van der Waals surface area contributed by atoms with E-state index in [2.05, 4.69) is 10.3 Å². The lowest BCUT2D eigenvalue weighted by Gasteiger charge is -2.05. The quantitative estimate of drug-likeness (QED) is 0.463. The number of aliphatic hydroxyl groups excluding tert-OH is 2. The molecule has 1 atom stereocenters. The highest BCUT2D eigenvalue weighted by atomic mass is 16.3. The number of hydrogen-bond acceptors (Lipinski definition) is 4. The number of nitrogens with one attached hydrogen (secondary N) is 1. The molecule has 1 aliphatic heterocycles. The highest BCUT2D eigenvalue weighted by Gasteiger charge is 2.09. The van der Waals surface area contributed by atoms with Gasteiger partial charge in [0.15, 0.2) is 0 Å². The Bertz CT molecular complexity index is 136. The third-order valence-corrected chi connectivity index (χ3v) is 1.38. The van der Waals surface area contributed by atoms with E-state index in [0.717, 1.165) is 18.9 Å². The largest absolute Gasteiger partial charge is 0.394 e. The van der Waals surface area contributed by atoms with Crippen molar-refractivity contribution < 1.29 is 10.2 Å². The normalized spacial score (nSPS) is 20.0. The molecule has 0 saturated heterocycles. The molecule has 0 saturated carbocycles. The summed E-state index contributed by atoms with van der Waals surface area (Å²) in [6.07, 6.45) is -0.222. The fourth-order valence-electron chi connectivity index (χ4n) is 0.871. The van der Waals surface area contributed by atoms with Crippen LogP contribution in [0, 0.1) is 0 Å². The molecular weight excluding hydrogens is 132 g/mol. The summed E-state index contributed by atoms with van der Waals surface area (Å²) in [7, 11) is 0. The first-order chi connectivity index (χ1) is 4.83. The molecule has 0 radical (unpaired) electrons. The molecule has 0 spiro atoms. The molecule has 1 unspecified atom stereocenters. The summed E-state index contributed by atoms with van der Waals surface area (Å²) >= 11 is 0. The first-order valence-corrected chi connectivity index (χ1v) is 3.39. The summed E-state index contributed by atoms with van der Waals surface area (Å²) in [5, 5.41) is 20.4. The Balaban J connectivity index is 2.23. The predicted octanol–water partition coefficient (Wildman–Crippen LogP) is -1.27. The van der Waals surface area contributed by atoms with E-state index in [9.17, 15) is 0 Å². The topological polar surface area (TPSA) is 64.8 Å². The van der Waals surface area contributed by atoms with E-state index in [1.54, 1.807) is 0 Å². The van der Waals surface area contributed by atoms with Gasteiger partial charge in [0.2, 0.25) is 0 Å². The molecule has 4 heteroatoms. The second-order valence-electron chi connectivity index (χ2n) is 2.30. The summed E-state index contributed by atoms with van der Waals surface area (Å²) in [5.74, 6) is 0.807. The SMILES string of the molecule is OCC(O)CC1=NCCN1. The van der Waals surface area contributed by atoms with Crippen molar-refractivity contribution in [1.29, 1.82) is 0 Å². The third kappa shape index (κ3) is 1.97. The molecule has 0 aliphatic carbocycles. The van der Waals surface area contributed by atoms with Gasteiger partial charge in [0.1, 0.15) is 0 Å². The van der Waals surface area contributed by atoms with Gasteiger partial charge in [0.05, 0.1) is 25.1 Å². The molecule has 0 amide bonds. The lowest BCUT2D eigenvalue weighted by atomic mass is 10.2. The van der Waals surface area contributed by atoms with E-state index in [1.807, 2.05) is 0 Å². The Labute approximate surface area is 59.6 Å². The molecule has 0 aromatic carbocycles. The van der Waals surface area contributed by atoms with Gasteiger partial charge < -0.3 is 15.5 Å². The third-order valence-electron chi connectivity index (χ3n) is 1.38. The van der Waals surface area contributed by atoms with Crippen molar-refractivity contribution in [2.45, 2.75) is 12.5 Å². The van der Waals surface area contributed by atoms with Crippen molar-refractivity contribution in [2.24, 2.45) is 4.99 Å². The Morgan fingerprint density at radius 3 is 3.00 bits per heavy atom. The van der Waals surface area contributed by atoms with Crippen LogP contribution in [0.3, 0.4) is 0 Å². The molecule has 3 N–H and O–H groups in total. The number of amidine groups is 1. The van der Waals surface area contributed by atoms with Crippen LogP contribution in [-0.4, -0.2) is 41.8 Å².